The molecule has 0 aliphatic carbocycles. The van der Waals surface area contributed by atoms with Crippen molar-refractivity contribution >= 4 is 38.9 Å². The maximum Gasteiger partial charge on any atom is 0.339 e. The lowest BCUT2D eigenvalue weighted by Gasteiger charge is -2.08. The number of hydrogen-bond donors (Lipinski definition) is 1. The molecule has 0 atom stereocenters. The maximum atomic E-state index is 12.5. The Kier molecular flexibility index (Phi) is 5.32. The Morgan fingerprint density at radius 3 is 2.88 bits per heavy atom. The molecule has 0 aliphatic rings. The van der Waals surface area contributed by atoms with Crippen LogP contribution in [-0.4, -0.2) is 28.5 Å². The number of amides is 1. The molecule has 0 unspecified atom stereocenters. The highest BCUT2D eigenvalue weighted by atomic mass is 79.9. The Bertz CT molecular complexity index is 984. The van der Waals surface area contributed by atoms with Crippen molar-refractivity contribution in [3.05, 3.63) is 57.6 Å². The van der Waals surface area contributed by atoms with Gasteiger partial charge < -0.3 is 14.5 Å². The second-order valence-corrected chi connectivity index (χ2v) is 6.40. The average molecular weight is 418 g/mol. The molecule has 3 rings (SSSR count). The summed E-state index contributed by atoms with van der Waals surface area (Å²) in [4.78, 5) is 32.7. The molecule has 1 amide bonds. The number of aromatic nitrogens is 2. The quantitative estimate of drug-likeness (QED) is 0.639. The SMILES string of the molecule is CCOC(=O)c1cnc(C)c(C(=O)NCc2nc3cc(Br)ccc3o2)c1. The van der Waals surface area contributed by atoms with Crippen LogP contribution in [0.3, 0.4) is 0 Å². The van der Waals surface area contributed by atoms with E-state index in [4.69, 9.17) is 9.15 Å². The minimum Gasteiger partial charge on any atom is -0.462 e. The Morgan fingerprint density at radius 2 is 2.12 bits per heavy atom. The number of aryl methyl sites for hydroxylation is 1. The van der Waals surface area contributed by atoms with Crippen LogP contribution in [0, 0.1) is 6.92 Å². The van der Waals surface area contributed by atoms with E-state index in [0.717, 1.165) is 4.47 Å². The standard InChI is InChI=1S/C18H16BrN3O4/c1-3-25-18(24)11-6-13(10(2)20-8-11)17(23)21-9-16-22-14-7-12(19)4-5-15(14)26-16/h4-8H,3,9H2,1-2H3,(H,21,23). The first-order chi connectivity index (χ1) is 12.5. The number of hydrogen-bond acceptors (Lipinski definition) is 6. The smallest absolute Gasteiger partial charge is 0.339 e. The first kappa shape index (κ1) is 18.1. The fourth-order valence-corrected chi connectivity index (χ4v) is 2.71. The predicted octanol–water partition coefficient (Wildman–Crippen LogP) is 3.40. The van der Waals surface area contributed by atoms with Crippen molar-refractivity contribution in [1.82, 2.24) is 15.3 Å². The van der Waals surface area contributed by atoms with Gasteiger partial charge in [0.25, 0.3) is 5.91 Å². The van der Waals surface area contributed by atoms with E-state index >= 15 is 0 Å². The number of halogens is 1. The lowest BCUT2D eigenvalue weighted by molar-refractivity contribution is 0.0526. The summed E-state index contributed by atoms with van der Waals surface area (Å²) < 4.78 is 11.4. The summed E-state index contributed by atoms with van der Waals surface area (Å²) in [6.07, 6.45) is 1.39. The van der Waals surface area contributed by atoms with Crippen LogP contribution in [-0.2, 0) is 11.3 Å². The topological polar surface area (TPSA) is 94.3 Å². The summed E-state index contributed by atoms with van der Waals surface area (Å²) in [5.41, 5.74) is 2.38. The monoisotopic (exact) mass is 417 g/mol. The van der Waals surface area contributed by atoms with Crippen LogP contribution in [0.5, 0.6) is 0 Å². The third kappa shape index (κ3) is 3.91. The van der Waals surface area contributed by atoms with Crippen molar-refractivity contribution in [3.8, 4) is 0 Å². The van der Waals surface area contributed by atoms with Gasteiger partial charge in [-0.15, -0.1) is 0 Å². The third-order valence-corrected chi connectivity index (χ3v) is 4.13. The summed E-state index contributed by atoms with van der Waals surface area (Å²) in [5.74, 6) is -0.498. The minimum atomic E-state index is -0.515. The highest BCUT2D eigenvalue weighted by Crippen LogP contribution is 2.20. The summed E-state index contributed by atoms with van der Waals surface area (Å²) >= 11 is 3.38. The van der Waals surface area contributed by atoms with E-state index in [9.17, 15) is 9.59 Å². The van der Waals surface area contributed by atoms with E-state index in [1.165, 1.54) is 12.3 Å². The number of carbonyl (C=O) groups excluding carboxylic acids is 2. The molecule has 1 aromatic carbocycles. The summed E-state index contributed by atoms with van der Waals surface area (Å²) in [6.45, 7) is 3.78. The van der Waals surface area contributed by atoms with Gasteiger partial charge in [0.2, 0.25) is 5.89 Å². The fraction of sp³-hybridized carbons (Fsp3) is 0.222. The number of pyridine rings is 1. The molecule has 8 heteroatoms. The molecule has 0 fully saturated rings. The van der Waals surface area contributed by atoms with Crippen molar-refractivity contribution < 1.29 is 18.7 Å². The molecule has 0 aliphatic heterocycles. The predicted molar refractivity (Wildman–Crippen MR) is 97.8 cm³/mol. The average Bonchev–Trinajstić information content (AvgIpc) is 3.02. The maximum absolute atomic E-state index is 12.5. The molecule has 0 saturated heterocycles. The Hall–Kier alpha value is -2.74. The number of rotatable bonds is 5. The molecule has 2 heterocycles. The second-order valence-electron chi connectivity index (χ2n) is 5.48. The van der Waals surface area contributed by atoms with E-state index in [1.807, 2.05) is 12.1 Å². The first-order valence-electron chi connectivity index (χ1n) is 7.95. The number of esters is 1. The van der Waals surface area contributed by atoms with E-state index in [1.54, 1.807) is 19.9 Å². The first-order valence-corrected chi connectivity index (χ1v) is 8.74. The van der Waals surface area contributed by atoms with Crippen LogP contribution >= 0.6 is 15.9 Å². The number of benzene rings is 1. The molecule has 0 radical (unpaired) electrons. The molecule has 0 bridgehead atoms. The van der Waals surface area contributed by atoms with E-state index in [-0.39, 0.29) is 24.6 Å². The van der Waals surface area contributed by atoms with Crippen molar-refractivity contribution in [2.24, 2.45) is 0 Å². The minimum absolute atomic E-state index is 0.119. The number of ether oxygens (including phenoxy) is 1. The van der Waals surface area contributed by atoms with Crippen LogP contribution in [0.1, 0.15) is 39.2 Å². The van der Waals surface area contributed by atoms with Gasteiger partial charge in [0, 0.05) is 10.7 Å². The van der Waals surface area contributed by atoms with E-state index in [2.05, 4.69) is 31.2 Å². The largest absolute Gasteiger partial charge is 0.462 e. The normalized spacial score (nSPS) is 10.7. The number of fused-ring (bicyclic) bond motifs is 1. The number of carbonyl (C=O) groups is 2. The second kappa shape index (κ2) is 7.65. The zero-order valence-electron chi connectivity index (χ0n) is 14.2. The van der Waals surface area contributed by atoms with Gasteiger partial charge >= 0.3 is 5.97 Å². The molecular formula is C18H16BrN3O4. The van der Waals surface area contributed by atoms with Crippen LogP contribution in [0.4, 0.5) is 0 Å². The number of nitrogens with one attached hydrogen (secondary N) is 1. The molecule has 26 heavy (non-hydrogen) atoms. The summed E-state index contributed by atoms with van der Waals surface area (Å²) in [5, 5.41) is 2.73. The molecule has 3 aromatic rings. The summed E-state index contributed by atoms with van der Waals surface area (Å²) in [6, 6.07) is 6.96. The van der Waals surface area contributed by atoms with E-state index in [0.29, 0.717) is 28.2 Å². The van der Waals surface area contributed by atoms with Gasteiger partial charge in [0.1, 0.15) is 5.52 Å². The van der Waals surface area contributed by atoms with Gasteiger partial charge in [-0.3, -0.25) is 9.78 Å². The number of oxazole rings is 1. The lowest BCUT2D eigenvalue weighted by Crippen LogP contribution is -2.24. The molecule has 1 N–H and O–H groups in total. The molecule has 2 aromatic heterocycles. The van der Waals surface area contributed by atoms with Gasteiger partial charge in [-0.2, -0.15) is 0 Å². The van der Waals surface area contributed by atoms with Gasteiger partial charge in [-0.25, -0.2) is 9.78 Å². The number of nitrogens with zero attached hydrogens (tertiary/aromatic N) is 2. The Morgan fingerprint density at radius 1 is 1.31 bits per heavy atom. The zero-order chi connectivity index (χ0) is 18.7. The molecule has 0 saturated carbocycles. The zero-order valence-corrected chi connectivity index (χ0v) is 15.8. The van der Waals surface area contributed by atoms with Crippen molar-refractivity contribution in [2.45, 2.75) is 20.4 Å². The van der Waals surface area contributed by atoms with Gasteiger partial charge in [0.15, 0.2) is 5.58 Å². The van der Waals surface area contributed by atoms with Crippen molar-refractivity contribution in [2.75, 3.05) is 6.61 Å². The van der Waals surface area contributed by atoms with Crippen molar-refractivity contribution in [1.29, 1.82) is 0 Å². The molecule has 0 spiro atoms. The van der Waals surface area contributed by atoms with Crippen LogP contribution in [0.15, 0.2) is 39.4 Å². The van der Waals surface area contributed by atoms with Gasteiger partial charge in [-0.1, -0.05) is 15.9 Å². The highest BCUT2D eigenvalue weighted by Gasteiger charge is 2.16. The van der Waals surface area contributed by atoms with Crippen molar-refractivity contribution in [3.63, 3.8) is 0 Å². The Balaban J connectivity index is 1.74. The van der Waals surface area contributed by atoms with Crippen LogP contribution in [0.25, 0.3) is 11.1 Å². The van der Waals surface area contributed by atoms with E-state index < -0.39 is 5.97 Å². The highest BCUT2D eigenvalue weighted by molar-refractivity contribution is 9.10. The van der Waals surface area contributed by atoms with Crippen LogP contribution < -0.4 is 5.32 Å². The van der Waals surface area contributed by atoms with Crippen LogP contribution in [0.2, 0.25) is 0 Å². The third-order valence-electron chi connectivity index (χ3n) is 3.64. The molecular weight excluding hydrogens is 402 g/mol. The lowest BCUT2D eigenvalue weighted by atomic mass is 10.1. The molecule has 7 nitrogen and oxygen atoms in total. The Labute approximate surface area is 157 Å². The van der Waals surface area contributed by atoms with Gasteiger partial charge in [0.05, 0.1) is 30.0 Å². The summed E-state index contributed by atoms with van der Waals surface area (Å²) in [7, 11) is 0. The molecule has 134 valence electrons. The van der Waals surface area contributed by atoms with Gasteiger partial charge in [-0.05, 0) is 38.1 Å². The fourth-order valence-electron chi connectivity index (χ4n) is 2.36.